The highest BCUT2D eigenvalue weighted by Crippen LogP contribution is 2.30. The molecular weight excluding hydrogens is 286 g/mol. The monoisotopic (exact) mass is 309 g/mol. The van der Waals surface area contributed by atoms with Crippen molar-refractivity contribution in [2.45, 2.75) is 42.7 Å². The van der Waals surface area contributed by atoms with Gasteiger partial charge in [0.2, 0.25) is 0 Å². The normalized spacial score (nSPS) is 26.5. The number of hydrogen-bond acceptors (Lipinski definition) is 5. The lowest BCUT2D eigenvalue weighted by molar-refractivity contribution is 0.188. The van der Waals surface area contributed by atoms with Crippen LogP contribution in [0.15, 0.2) is 23.1 Å². The van der Waals surface area contributed by atoms with Crippen LogP contribution in [-0.4, -0.2) is 44.7 Å². The highest BCUT2D eigenvalue weighted by atomic mass is 32.2. The average Bonchev–Trinajstić information content (AvgIpc) is 2.87. The first kappa shape index (κ1) is 14.7. The fourth-order valence-corrected chi connectivity index (χ4v) is 4.13. The molecule has 0 saturated carbocycles. The topological polar surface area (TPSA) is 75.4 Å². The van der Waals surface area contributed by atoms with Gasteiger partial charge in [-0.25, -0.2) is 8.42 Å². The van der Waals surface area contributed by atoms with E-state index in [1.807, 2.05) is 0 Å². The number of nitrogens with zero attached hydrogens (tertiary/aromatic N) is 1. The Balaban J connectivity index is 1.70. The van der Waals surface area contributed by atoms with Crippen LogP contribution in [0.4, 0.5) is 11.4 Å². The van der Waals surface area contributed by atoms with Crippen LogP contribution in [0.3, 0.4) is 0 Å². The van der Waals surface area contributed by atoms with Gasteiger partial charge in [-0.2, -0.15) is 0 Å². The summed E-state index contributed by atoms with van der Waals surface area (Å²) in [6, 6.07) is 6.08. The minimum absolute atomic E-state index is 0.274. The predicted molar refractivity (Wildman–Crippen MR) is 85.2 cm³/mol. The van der Waals surface area contributed by atoms with Gasteiger partial charge < -0.3 is 16.0 Å². The maximum atomic E-state index is 11.5. The summed E-state index contributed by atoms with van der Waals surface area (Å²) in [5.74, 6) is 0. The molecule has 3 rings (SSSR count). The van der Waals surface area contributed by atoms with Gasteiger partial charge in [0.25, 0.3) is 0 Å². The highest BCUT2D eigenvalue weighted by molar-refractivity contribution is 7.90. The zero-order chi connectivity index (χ0) is 15.0. The molecule has 0 aliphatic carbocycles. The summed E-state index contributed by atoms with van der Waals surface area (Å²) in [4.78, 5) is 2.85. The largest absolute Gasteiger partial charge is 0.397 e. The zero-order valence-corrected chi connectivity index (χ0v) is 13.2. The number of anilines is 2. The molecule has 3 N–H and O–H groups in total. The third kappa shape index (κ3) is 3.16. The van der Waals surface area contributed by atoms with Crippen molar-refractivity contribution in [2.75, 3.05) is 30.4 Å². The van der Waals surface area contributed by atoms with Gasteiger partial charge in [0.05, 0.1) is 16.3 Å². The molecule has 2 aliphatic heterocycles. The molecule has 0 bridgehead atoms. The molecule has 0 spiro atoms. The summed E-state index contributed by atoms with van der Waals surface area (Å²) < 4.78 is 23.1. The lowest BCUT2D eigenvalue weighted by Crippen LogP contribution is -2.42. The van der Waals surface area contributed by atoms with Crippen molar-refractivity contribution in [1.29, 1.82) is 0 Å². The molecule has 2 unspecified atom stereocenters. The van der Waals surface area contributed by atoms with Gasteiger partial charge in [0, 0.05) is 24.9 Å². The van der Waals surface area contributed by atoms with Crippen LogP contribution in [0.25, 0.3) is 0 Å². The van der Waals surface area contributed by atoms with Crippen LogP contribution in [0.2, 0.25) is 0 Å². The van der Waals surface area contributed by atoms with E-state index in [0.29, 0.717) is 17.8 Å². The summed E-state index contributed by atoms with van der Waals surface area (Å²) in [6.45, 7) is 2.38. The van der Waals surface area contributed by atoms with Crippen molar-refractivity contribution in [3.8, 4) is 0 Å². The van der Waals surface area contributed by atoms with E-state index in [1.54, 1.807) is 18.2 Å². The van der Waals surface area contributed by atoms with E-state index in [9.17, 15) is 8.42 Å². The smallest absolute Gasteiger partial charge is 0.175 e. The Morgan fingerprint density at radius 2 is 2.10 bits per heavy atom. The van der Waals surface area contributed by atoms with Crippen LogP contribution in [-0.2, 0) is 9.84 Å². The molecule has 2 atom stereocenters. The molecule has 1 aromatic carbocycles. The first-order valence-electron chi connectivity index (χ1n) is 7.53. The summed E-state index contributed by atoms with van der Waals surface area (Å²) >= 11 is 0. The molecule has 2 aliphatic rings. The van der Waals surface area contributed by atoms with Crippen LogP contribution >= 0.6 is 0 Å². The van der Waals surface area contributed by atoms with E-state index < -0.39 is 9.84 Å². The molecule has 2 saturated heterocycles. The fraction of sp³-hybridized carbons (Fsp3) is 0.600. The molecule has 5 nitrogen and oxygen atoms in total. The molecule has 116 valence electrons. The maximum absolute atomic E-state index is 11.5. The number of sulfone groups is 1. The van der Waals surface area contributed by atoms with Gasteiger partial charge in [-0.05, 0) is 50.4 Å². The summed E-state index contributed by atoms with van der Waals surface area (Å²) in [5.41, 5.74) is 7.36. The number of rotatable bonds is 3. The third-order valence-electron chi connectivity index (χ3n) is 4.63. The van der Waals surface area contributed by atoms with Crippen LogP contribution in [0.1, 0.15) is 25.7 Å². The van der Waals surface area contributed by atoms with Gasteiger partial charge in [-0.1, -0.05) is 0 Å². The molecule has 0 amide bonds. The Kier molecular flexibility index (Phi) is 3.84. The Hall–Kier alpha value is -1.27. The Labute approximate surface area is 126 Å². The molecule has 6 heteroatoms. The molecule has 1 aromatic rings. The van der Waals surface area contributed by atoms with Crippen LogP contribution in [0, 0.1) is 0 Å². The lowest BCUT2D eigenvalue weighted by Gasteiger charge is -2.35. The van der Waals surface area contributed by atoms with Crippen molar-refractivity contribution in [3.63, 3.8) is 0 Å². The van der Waals surface area contributed by atoms with E-state index >= 15 is 0 Å². The number of piperidine rings is 1. The van der Waals surface area contributed by atoms with E-state index in [2.05, 4.69) is 10.2 Å². The molecule has 21 heavy (non-hydrogen) atoms. The molecular formula is C15H23N3O2S. The zero-order valence-electron chi connectivity index (χ0n) is 12.4. The highest BCUT2D eigenvalue weighted by Gasteiger charge is 2.31. The summed E-state index contributed by atoms with van der Waals surface area (Å²) in [5, 5.41) is 3.49. The number of nitrogens with two attached hydrogens (primary N) is 1. The number of nitrogens with one attached hydrogen (secondary N) is 1. The second kappa shape index (κ2) is 5.50. The first-order chi connectivity index (χ1) is 9.93. The van der Waals surface area contributed by atoms with Crippen molar-refractivity contribution < 1.29 is 8.42 Å². The third-order valence-corrected chi connectivity index (χ3v) is 5.74. The van der Waals surface area contributed by atoms with Gasteiger partial charge in [-0.15, -0.1) is 0 Å². The Morgan fingerprint density at radius 3 is 2.81 bits per heavy atom. The van der Waals surface area contributed by atoms with Crippen molar-refractivity contribution >= 4 is 21.2 Å². The second-order valence-corrected chi connectivity index (χ2v) is 8.23. The van der Waals surface area contributed by atoms with Gasteiger partial charge in [-0.3, -0.25) is 0 Å². The quantitative estimate of drug-likeness (QED) is 0.831. The van der Waals surface area contributed by atoms with E-state index in [0.717, 1.165) is 25.1 Å². The van der Waals surface area contributed by atoms with E-state index in [-0.39, 0.29) is 4.90 Å². The first-order valence-corrected chi connectivity index (χ1v) is 9.43. The van der Waals surface area contributed by atoms with Crippen molar-refractivity contribution in [2.24, 2.45) is 0 Å². The Morgan fingerprint density at radius 1 is 1.29 bits per heavy atom. The molecule has 0 radical (unpaired) electrons. The van der Waals surface area contributed by atoms with Crippen molar-refractivity contribution in [1.82, 2.24) is 4.90 Å². The lowest BCUT2D eigenvalue weighted by atomic mass is 9.97. The van der Waals surface area contributed by atoms with E-state index in [4.69, 9.17) is 5.73 Å². The fourth-order valence-electron chi connectivity index (χ4n) is 3.48. The van der Waals surface area contributed by atoms with E-state index in [1.165, 1.54) is 25.6 Å². The average molecular weight is 309 g/mol. The molecule has 0 aromatic heterocycles. The van der Waals surface area contributed by atoms with Gasteiger partial charge in [0.1, 0.15) is 0 Å². The second-order valence-electron chi connectivity index (χ2n) is 6.22. The minimum Gasteiger partial charge on any atom is -0.397 e. The Bertz CT molecular complexity index is 630. The van der Waals surface area contributed by atoms with Gasteiger partial charge in [0.15, 0.2) is 9.84 Å². The molecule has 2 heterocycles. The number of benzene rings is 1. The van der Waals surface area contributed by atoms with Crippen LogP contribution in [0.5, 0.6) is 0 Å². The minimum atomic E-state index is -3.20. The van der Waals surface area contributed by atoms with Crippen molar-refractivity contribution in [3.05, 3.63) is 18.2 Å². The van der Waals surface area contributed by atoms with Crippen LogP contribution < -0.4 is 11.1 Å². The standard InChI is InChI=1S/C15H23N3O2S/c1-21(19,20)13-4-5-15(14(16)10-13)17-11-6-8-18-7-2-3-12(18)9-11/h4-5,10-12,17H,2-3,6-9,16H2,1H3. The number of fused-ring (bicyclic) bond motifs is 1. The molecule has 2 fully saturated rings. The maximum Gasteiger partial charge on any atom is 0.175 e. The predicted octanol–water partition coefficient (Wildman–Crippen LogP) is 1.71. The number of hydrogen-bond donors (Lipinski definition) is 2. The SMILES string of the molecule is CS(=O)(=O)c1ccc(NC2CCN3CCCC3C2)c(N)c1. The summed E-state index contributed by atoms with van der Waals surface area (Å²) in [7, 11) is -3.20. The number of nitrogen functional groups attached to an aromatic ring is 1. The van der Waals surface area contributed by atoms with Gasteiger partial charge >= 0.3 is 0 Å². The summed E-state index contributed by atoms with van der Waals surface area (Å²) in [6.07, 6.45) is 6.06.